The molecule has 26 heavy (non-hydrogen) atoms. The average molecular weight is 375 g/mol. The number of thiazole rings is 1. The molecule has 1 N–H and O–H groups in total. The lowest BCUT2D eigenvalue weighted by atomic mass is 9.81. The quantitative estimate of drug-likeness (QED) is 0.821. The maximum Gasteiger partial charge on any atom is 0.233 e. The number of hydrogen-bond donors (Lipinski definition) is 1. The predicted molar refractivity (Wildman–Crippen MR) is 98.7 cm³/mol. The zero-order valence-electron chi connectivity index (χ0n) is 15.1. The van der Waals surface area contributed by atoms with Gasteiger partial charge in [0.15, 0.2) is 5.13 Å². The number of likely N-dealkylation sites (tertiary alicyclic amines) is 1. The number of carbonyl (C=O) groups is 3. The molecule has 7 heteroatoms. The molecule has 2 fully saturated rings. The Hall–Kier alpha value is -1.76. The summed E-state index contributed by atoms with van der Waals surface area (Å²) in [5.41, 5.74) is 1.11. The first kappa shape index (κ1) is 17.6. The second-order valence-electron chi connectivity index (χ2n) is 7.86. The van der Waals surface area contributed by atoms with Crippen molar-refractivity contribution in [3.05, 3.63) is 10.6 Å². The van der Waals surface area contributed by atoms with Gasteiger partial charge in [-0.25, -0.2) is 4.98 Å². The first-order valence-electron chi connectivity index (χ1n) is 9.66. The van der Waals surface area contributed by atoms with Crippen LogP contribution in [0.3, 0.4) is 0 Å². The molecule has 3 aliphatic rings. The number of nitrogens with one attached hydrogen (secondary N) is 1. The zero-order valence-corrected chi connectivity index (χ0v) is 15.9. The lowest BCUT2D eigenvalue weighted by Gasteiger charge is -2.19. The molecule has 2 heterocycles. The summed E-state index contributed by atoms with van der Waals surface area (Å²) in [7, 11) is 0. The molecule has 3 atom stereocenters. The van der Waals surface area contributed by atoms with Gasteiger partial charge < -0.3 is 5.32 Å². The molecule has 0 spiro atoms. The van der Waals surface area contributed by atoms with Crippen molar-refractivity contribution in [3.63, 3.8) is 0 Å². The number of hydrogen-bond acceptors (Lipinski definition) is 5. The molecule has 6 nitrogen and oxygen atoms in total. The van der Waals surface area contributed by atoms with E-state index in [1.165, 1.54) is 9.78 Å². The van der Waals surface area contributed by atoms with E-state index in [2.05, 4.69) is 17.2 Å². The summed E-state index contributed by atoms with van der Waals surface area (Å²) in [6.07, 6.45) is 6.93. The Balaban J connectivity index is 1.33. The third kappa shape index (κ3) is 3.29. The molecule has 1 aromatic heterocycles. The van der Waals surface area contributed by atoms with Gasteiger partial charge in [-0.2, -0.15) is 0 Å². The average Bonchev–Trinajstić information content (AvgIpc) is 3.12. The summed E-state index contributed by atoms with van der Waals surface area (Å²) < 4.78 is 0. The topological polar surface area (TPSA) is 79.4 Å². The van der Waals surface area contributed by atoms with Crippen molar-refractivity contribution in [2.75, 3.05) is 11.9 Å². The molecular weight excluding hydrogens is 350 g/mol. The Kier molecular flexibility index (Phi) is 4.82. The number of amides is 3. The number of nitrogens with zero attached hydrogens (tertiary/aromatic N) is 2. The van der Waals surface area contributed by atoms with Gasteiger partial charge in [0.1, 0.15) is 0 Å². The van der Waals surface area contributed by atoms with Crippen LogP contribution in [0.2, 0.25) is 0 Å². The van der Waals surface area contributed by atoms with Crippen molar-refractivity contribution in [2.24, 2.45) is 17.8 Å². The number of rotatable bonds is 4. The van der Waals surface area contributed by atoms with Gasteiger partial charge in [-0.15, -0.1) is 11.3 Å². The minimum atomic E-state index is -0.181. The highest BCUT2D eigenvalue weighted by Gasteiger charge is 2.47. The van der Waals surface area contributed by atoms with Gasteiger partial charge in [-0.3, -0.25) is 19.3 Å². The Morgan fingerprint density at radius 1 is 1.19 bits per heavy atom. The number of aryl methyl sites for hydroxylation is 1. The van der Waals surface area contributed by atoms with Crippen LogP contribution in [0.5, 0.6) is 0 Å². The molecule has 3 amide bonds. The molecule has 0 bridgehead atoms. The number of aromatic nitrogens is 1. The van der Waals surface area contributed by atoms with E-state index in [-0.39, 0.29) is 42.5 Å². The van der Waals surface area contributed by atoms with Gasteiger partial charge in [-0.1, -0.05) is 19.8 Å². The third-order valence-electron chi connectivity index (χ3n) is 5.93. The SMILES string of the molecule is C[C@H]1CCc2nc(NC(=O)CCN3C(=O)[C@H]4CCCC[C@@H]4C3=O)sc2C1. The molecule has 1 saturated carbocycles. The first-order valence-corrected chi connectivity index (χ1v) is 10.5. The molecule has 2 aliphatic carbocycles. The van der Waals surface area contributed by atoms with E-state index in [1.807, 2.05) is 0 Å². The van der Waals surface area contributed by atoms with Crippen LogP contribution in [0.25, 0.3) is 0 Å². The van der Waals surface area contributed by atoms with E-state index in [4.69, 9.17) is 0 Å². The fourth-order valence-corrected chi connectivity index (χ4v) is 5.63. The van der Waals surface area contributed by atoms with E-state index >= 15 is 0 Å². The summed E-state index contributed by atoms with van der Waals surface area (Å²) in [5, 5.41) is 3.49. The molecule has 1 aliphatic heterocycles. The highest BCUT2D eigenvalue weighted by Crippen LogP contribution is 2.38. The van der Waals surface area contributed by atoms with Crippen LogP contribution in [-0.4, -0.2) is 34.2 Å². The van der Waals surface area contributed by atoms with E-state index in [1.54, 1.807) is 11.3 Å². The van der Waals surface area contributed by atoms with Crippen LogP contribution < -0.4 is 5.32 Å². The van der Waals surface area contributed by atoms with E-state index in [9.17, 15) is 14.4 Å². The second kappa shape index (κ2) is 7.10. The number of carbonyl (C=O) groups excluding carboxylic acids is 3. The van der Waals surface area contributed by atoms with Gasteiger partial charge in [0, 0.05) is 17.8 Å². The number of imide groups is 1. The van der Waals surface area contributed by atoms with E-state index in [0.717, 1.165) is 50.6 Å². The van der Waals surface area contributed by atoms with Crippen molar-refractivity contribution in [3.8, 4) is 0 Å². The molecule has 0 aromatic carbocycles. The smallest absolute Gasteiger partial charge is 0.233 e. The first-order chi connectivity index (χ1) is 12.5. The Morgan fingerprint density at radius 2 is 1.88 bits per heavy atom. The minimum Gasteiger partial charge on any atom is -0.302 e. The molecule has 140 valence electrons. The lowest BCUT2D eigenvalue weighted by molar-refractivity contribution is -0.140. The number of anilines is 1. The van der Waals surface area contributed by atoms with Crippen molar-refractivity contribution < 1.29 is 14.4 Å². The normalized spacial score (nSPS) is 28.0. The van der Waals surface area contributed by atoms with Crippen LogP contribution in [0, 0.1) is 17.8 Å². The van der Waals surface area contributed by atoms with Crippen LogP contribution >= 0.6 is 11.3 Å². The molecule has 0 radical (unpaired) electrons. The Morgan fingerprint density at radius 3 is 2.58 bits per heavy atom. The van der Waals surface area contributed by atoms with E-state index < -0.39 is 0 Å². The van der Waals surface area contributed by atoms with Crippen molar-refractivity contribution in [1.29, 1.82) is 0 Å². The van der Waals surface area contributed by atoms with Crippen molar-refractivity contribution in [2.45, 2.75) is 58.3 Å². The fraction of sp³-hybridized carbons (Fsp3) is 0.684. The van der Waals surface area contributed by atoms with Crippen molar-refractivity contribution >= 4 is 34.2 Å². The highest BCUT2D eigenvalue weighted by atomic mass is 32.1. The Labute approximate surface area is 157 Å². The van der Waals surface area contributed by atoms with Gasteiger partial charge >= 0.3 is 0 Å². The molecule has 1 aromatic rings. The Bertz CT molecular complexity index is 720. The molecule has 1 saturated heterocycles. The van der Waals surface area contributed by atoms with Gasteiger partial charge in [0.05, 0.1) is 17.5 Å². The fourth-order valence-electron chi connectivity index (χ4n) is 4.44. The van der Waals surface area contributed by atoms with E-state index in [0.29, 0.717) is 11.0 Å². The van der Waals surface area contributed by atoms with Crippen LogP contribution in [0.4, 0.5) is 5.13 Å². The maximum atomic E-state index is 12.4. The summed E-state index contributed by atoms with van der Waals surface area (Å²) in [5.74, 6) is 0.0400. The lowest BCUT2D eigenvalue weighted by Crippen LogP contribution is -2.34. The van der Waals surface area contributed by atoms with Crippen LogP contribution in [0.1, 0.15) is 56.0 Å². The maximum absolute atomic E-state index is 12.4. The van der Waals surface area contributed by atoms with Gasteiger partial charge in [-0.05, 0) is 38.0 Å². The van der Waals surface area contributed by atoms with Crippen molar-refractivity contribution in [1.82, 2.24) is 9.88 Å². The van der Waals surface area contributed by atoms with Gasteiger partial charge in [0.2, 0.25) is 17.7 Å². The summed E-state index contributed by atoms with van der Waals surface area (Å²) in [6.45, 7) is 2.42. The second-order valence-corrected chi connectivity index (χ2v) is 8.94. The summed E-state index contributed by atoms with van der Waals surface area (Å²) in [4.78, 5) is 44.3. The predicted octanol–water partition coefficient (Wildman–Crippen LogP) is 2.77. The highest BCUT2D eigenvalue weighted by molar-refractivity contribution is 7.15. The number of fused-ring (bicyclic) bond motifs is 2. The van der Waals surface area contributed by atoms with Crippen LogP contribution in [-0.2, 0) is 27.2 Å². The third-order valence-corrected chi connectivity index (χ3v) is 6.96. The summed E-state index contributed by atoms with van der Waals surface area (Å²) >= 11 is 1.55. The largest absolute Gasteiger partial charge is 0.302 e. The minimum absolute atomic E-state index is 0.0776. The van der Waals surface area contributed by atoms with Gasteiger partial charge in [0.25, 0.3) is 0 Å². The summed E-state index contributed by atoms with van der Waals surface area (Å²) in [6, 6.07) is 0. The monoisotopic (exact) mass is 375 g/mol. The standard InChI is InChI=1S/C19H25N3O3S/c1-11-6-7-14-15(10-11)26-19(20-14)21-16(23)8-9-22-17(24)12-4-2-3-5-13(12)18(22)25/h11-13H,2-10H2,1H3,(H,20,21,23)/t11-,12-,13-/m0/s1. The molecule has 0 unspecified atom stereocenters. The molecular formula is C19H25N3O3S. The molecule has 4 rings (SSSR count). The zero-order chi connectivity index (χ0) is 18.3. The van der Waals surface area contributed by atoms with Crippen LogP contribution in [0.15, 0.2) is 0 Å².